The molecule has 1 heterocycles. The van der Waals surface area contributed by atoms with Gasteiger partial charge in [-0.2, -0.15) is 0 Å². The number of rotatable bonds is 13. The summed E-state index contributed by atoms with van der Waals surface area (Å²) in [6.07, 6.45) is 2.10. The number of nitrogens with zero attached hydrogens (tertiary/aromatic N) is 3. The summed E-state index contributed by atoms with van der Waals surface area (Å²) in [7, 11) is 3.15. The van der Waals surface area contributed by atoms with Crippen LogP contribution in [0.1, 0.15) is 31.9 Å². The van der Waals surface area contributed by atoms with Crippen molar-refractivity contribution in [2.45, 2.75) is 26.8 Å². The number of carbonyl (C=O) groups is 2. The summed E-state index contributed by atoms with van der Waals surface area (Å²) in [6.45, 7) is 8.08. The van der Waals surface area contributed by atoms with Gasteiger partial charge in [0.25, 0.3) is 11.6 Å². The van der Waals surface area contributed by atoms with Crippen molar-refractivity contribution in [2.24, 2.45) is 0 Å². The van der Waals surface area contributed by atoms with Crippen molar-refractivity contribution in [2.75, 3.05) is 33.9 Å². The Morgan fingerprint density at radius 3 is 2.38 bits per heavy atom. The number of carbonyl (C=O) groups excluding carboxylic acids is 2. The highest BCUT2D eigenvalue weighted by Gasteiger charge is 2.24. The Morgan fingerprint density at radius 2 is 1.77 bits per heavy atom. The zero-order valence-electron chi connectivity index (χ0n) is 22.6. The molecular weight excluding hydrogens is 518 g/mol. The molecule has 3 rings (SSSR count). The SMILES string of the molecule is C=CCN(CC(=O)N(CCc1ccc(OC)c(OC)c1)Cc1sccc1C)C(=O)c1ccc(C)c([N+](=O)[O-])c1. The van der Waals surface area contributed by atoms with Crippen LogP contribution in [0.3, 0.4) is 0 Å². The number of hydrogen-bond acceptors (Lipinski definition) is 7. The first kappa shape index (κ1) is 29.4. The molecule has 1 aromatic heterocycles. The van der Waals surface area contributed by atoms with Crippen molar-refractivity contribution in [3.63, 3.8) is 0 Å². The predicted molar refractivity (Wildman–Crippen MR) is 152 cm³/mol. The molecule has 2 amide bonds. The highest BCUT2D eigenvalue weighted by molar-refractivity contribution is 7.10. The van der Waals surface area contributed by atoms with Crippen LogP contribution in [0.15, 0.2) is 60.5 Å². The lowest BCUT2D eigenvalue weighted by Gasteiger charge is -2.27. The lowest BCUT2D eigenvalue weighted by Crippen LogP contribution is -2.43. The van der Waals surface area contributed by atoms with E-state index < -0.39 is 10.8 Å². The standard InChI is InChI=1S/C29H33N3O6S/c1-6-13-31(29(34)23-9-7-20(2)24(17-23)32(35)36)19-28(33)30(18-27-21(3)12-15-39-27)14-11-22-8-10-25(37-4)26(16-22)38-5/h6-10,12,15-17H,1,11,13-14,18-19H2,2-5H3. The van der Waals surface area contributed by atoms with E-state index in [4.69, 9.17) is 9.47 Å². The van der Waals surface area contributed by atoms with E-state index in [0.29, 0.717) is 36.6 Å². The van der Waals surface area contributed by atoms with Gasteiger partial charge in [-0.05, 0) is 61.0 Å². The summed E-state index contributed by atoms with van der Waals surface area (Å²) in [5, 5.41) is 13.4. The van der Waals surface area contributed by atoms with Crippen LogP contribution in [0.25, 0.3) is 0 Å². The average Bonchev–Trinajstić information content (AvgIpc) is 3.34. The molecule has 3 aromatic rings. The monoisotopic (exact) mass is 551 g/mol. The molecule has 0 atom stereocenters. The Balaban J connectivity index is 1.83. The maximum Gasteiger partial charge on any atom is 0.273 e. The summed E-state index contributed by atoms with van der Waals surface area (Å²) in [6, 6.07) is 12.0. The molecular formula is C29H33N3O6S. The maximum atomic E-state index is 13.6. The normalized spacial score (nSPS) is 10.6. The van der Waals surface area contributed by atoms with E-state index >= 15 is 0 Å². The van der Waals surface area contributed by atoms with Gasteiger partial charge in [-0.3, -0.25) is 19.7 Å². The lowest BCUT2D eigenvalue weighted by molar-refractivity contribution is -0.385. The van der Waals surface area contributed by atoms with Gasteiger partial charge in [-0.25, -0.2) is 0 Å². The number of methoxy groups -OCH3 is 2. The summed E-state index contributed by atoms with van der Waals surface area (Å²) in [4.78, 5) is 42.0. The molecule has 206 valence electrons. The molecule has 0 radical (unpaired) electrons. The van der Waals surface area contributed by atoms with Gasteiger partial charge in [0.05, 0.1) is 25.7 Å². The fraction of sp³-hybridized carbons (Fsp3) is 0.310. The van der Waals surface area contributed by atoms with Crippen LogP contribution in [0.2, 0.25) is 0 Å². The van der Waals surface area contributed by atoms with E-state index in [-0.39, 0.29) is 30.2 Å². The summed E-state index contributed by atoms with van der Waals surface area (Å²) >= 11 is 1.57. The third kappa shape index (κ3) is 7.44. The van der Waals surface area contributed by atoms with Gasteiger partial charge in [-0.15, -0.1) is 17.9 Å². The van der Waals surface area contributed by atoms with Gasteiger partial charge in [0.1, 0.15) is 6.54 Å². The maximum absolute atomic E-state index is 13.6. The largest absolute Gasteiger partial charge is 0.493 e. The van der Waals surface area contributed by atoms with E-state index in [1.807, 2.05) is 36.6 Å². The number of aryl methyl sites for hydroxylation is 2. The van der Waals surface area contributed by atoms with Gasteiger partial charge in [0, 0.05) is 35.2 Å². The van der Waals surface area contributed by atoms with Crippen LogP contribution in [0.5, 0.6) is 11.5 Å². The number of nitro benzene ring substituents is 1. The van der Waals surface area contributed by atoms with Crippen molar-refractivity contribution >= 4 is 28.8 Å². The first-order valence-corrected chi connectivity index (χ1v) is 13.2. The highest BCUT2D eigenvalue weighted by Crippen LogP contribution is 2.28. The predicted octanol–water partition coefficient (Wildman–Crippen LogP) is 5.19. The molecule has 2 aromatic carbocycles. The first-order chi connectivity index (χ1) is 18.7. The van der Waals surface area contributed by atoms with Crippen molar-refractivity contribution in [1.29, 1.82) is 0 Å². The number of nitro groups is 1. The van der Waals surface area contributed by atoms with E-state index in [1.165, 1.54) is 29.2 Å². The number of amides is 2. The van der Waals surface area contributed by atoms with Gasteiger partial charge in [-0.1, -0.05) is 18.2 Å². The second-order valence-corrected chi connectivity index (χ2v) is 10.0. The molecule has 0 fully saturated rings. The zero-order valence-corrected chi connectivity index (χ0v) is 23.5. The molecule has 0 spiro atoms. The Labute approximate surface area is 232 Å². The fourth-order valence-corrected chi connectivity index (χ4v) is 5.01. The Morgan fingerprint density at radius 1 is 1.03 bits per heavy atom. The summed E-state index contributed by atoms with van der Waals surface area (Å²) in [5.74, 6) is 0.522. The molecule has 39 heavy (non-hydrogen) atoms. The lowest BCUT2D eigenvalue weighted by atomic mass is 10.1. The van der Waals surface area contributed by atoms with Gasteiger partial charge in [0.15, 0.2) is 11.5 Å². The van der Waals surface area contributed by atoms with E-state index in [9.17, 15) is 19.7 Å². The van der Waals surface area contributed by atoms with Crippen LogP contribution >= 0.6 is 11.3 Å². The van der Waals surface area contributed by atoms with Crippen molar-refractivity contribution in [3.05, 3.63) is 97.7 Å². The fourth-order valence-electron chi connectivity index (χ4n) is 4.09. The quantitative estimate of drug-likeness (QED) is 0.165. The number of thiophene rings is 1. The highest BCUT2D eigenvalue weighted by atomic mass is 32.1. The minimum Gasteiger partial charge on any atom is -0.493 e. The Bertz CT molecular complexity index is 1350. The van der Waals surface area contributed by atoms with E-state index in [0.717, 1.165) is 16.0 Å². The molecule has 0 aliphatic rings. The zero-order chi connectivity index (χ0) is 28.5. The topological polar surface area (TPSA) is 102 Å². The third-order valence-electron chi connectivity index (χ3n) is 6.39. The molecule has 0 unspecified atom stereocenters. The number of hydrogen-bond donors (Lipinski definition) is 0. The number of ether oxygens (including phenoxy) is 2. The smallest absolute Gasteiger partial charge is 0.273 e. The number of benzene rings is 2. The molecule has 0 saturated carbocycles. The van der Waals surface area contributed by atoms with Crippen molar-refractivity contribution in [3.8, 4) is 11.5 Å². The third-order valence-corrected chi connectivity index (χ3v) is 7.40. The van der Waals surface area contributed by atoms with Gasteiger partial charge < -0.3 is 19.3 Å². The molecule has 0 aliphatic heterocycles. The van der Waals surface area contributed by atoms with Crippen LogP contribution in [0, 0.1) is 24.0 Å². The molecule has 0 N–H and O–H groups in total. The average molecular weight is 552 g/mol. The molecule has 0 bridgehead atoms. The van der Waals surface area contributed by atoms with Crippen LogP contribution < -0.4 is 9.47 Å². The summed E-state index contributed by atoms with van der Waals surface area (Å²) in [5.41, 5.74) is 2.52. The Kier molecular flexibility index (Phi) is 10.2. The van der Waals surface area contributed by atoms with Crippen molar-refractivity contribution in [1.82, 2.24) is 9.80 Å². The van der Waals surface area contributed by atoms with Gasteiger partial charge in [0.2, 0.25) is 5.91 Å². The minimum absolute atomic E-state index is 0.119. The van der Waals surface area contributed by atoms with Crippen LogP contribution in [-0.4, -0.2) is 60.4 Å². The minimum atomic E-state index is -0.519. The van der Waals surface area contributed by atoms with E-state index in [2.05, 4.69) is 6.58 Å². The van der Waals surface area contributed by atoms with Gasteiger partial charge >= 0.3 is 0 Å². The second kappa shape index (κ2) is 13.6. The molecule has 0 aliphatic carbocycles. The van der Waals surface area contributed by atoms with Crippen molar-refractivity contribution < 1.29 is 24.0 Å². The van der Waals surface area contributed by atoms with E-state index in [1.54, 1.807) is 37.4 Å². The second-order valence-electron chi connectivity index (χ2n) is 9.01. The molecule has 10 heteroatoms. The molecule has 9 nitrogen and oxygen atoms in total. The summed E-state index contributed by atoms with van der Waals surface area (Å²) < 4.78 is 10.7. The molecule has 0 saturated heterocycles. The van der Waals surface area contributed by atoms with Crippen LogP contribution in [-0.2, 0) is 17.8 Å². The van der Waals surface area contributed by atoms with Crippen LogP contribution in [0.4, 0.5) is 5.69 Å². The Hall–Kier alpha value is -4.18. The first-order valence-electron chi connectivity index (χ1n) is 12.3.